The summed E-state index contributed by atoms with van der Waals surface area (Å²) >= 11 is 0. The SMILES string of the molecule is CC(=O)O.O=[PH](O)O.c1cnccn1. The minimum Gasteiger partial charge on any atom is -0.481 e. The van der Waals surface area contributed by atoms with Crippen molar-refractivity contribution in [1.82, 2.24) is 9.97 Å². The van der Waals surface area contributed by atoms with E-state index in [1.54, 1.807) is 24.8 Å². The van der Waals surface area contributed by atoms with Crippen LogP contribution in [0.5, 0.6) is 0 Å². The Morgan fingerprint density at radius 1 is 1.14 bits per heavy atom. The van der Waals surface area contributed by atoms with Gasteiger partial charge in [0, 0.05) is 31.7 Å². The summed E-state index contributed by atoms with van der Waals surface area (Å²) in [6, 6.07) is 0. The molecule has 0 aliphatic carbocycles. The Labute approximate surface area is 81.0 Å². The average Bonchev–Trinajstić information content (AvgIpc) is 2.05. The highest BCUT2D eigenvalue weighted by Crippen LogP contribution is 1.98. The van der Waals surface area contributed by atoms with Gasteiger partial charge >= 0.3 is 8.25 Å². The Kier molecular flexibility index (Phi) is 12.7. The van der Waals surface area contributed by atoms with E-state index in [2.05, 4.69) is 9.97 Å². The van der Waals surface area contributed by atoms with Crippen LogP contribution in [0.15, 0.2) is 24.8 Å². The van der Waals surface area contributed by atoms with Crippen LogP contribution in [0.4, 0.5) is 0 Å². The van der Waals surface area contributed by atoms with Crippen molar-refractivity contribution >= 4 is 14.2 Å². The summed E-state index contributed by atoms with van der Waals surface area (Å²) in [6.45, 7) is 1.08. The lowest BCUT2D eigenvalue weighted by Crippen LogP contribution is -1.78. The van der Waals surface area contributed by atoms with Crippen LogP contribution in [0.25, 0.3) is 0 Å². The molecule has 3 N–H and O–H groups in total. The largest absolute Gasteiger partial charge is 0.481 e. The summed E-state index contributed by atoms with van der Waals surface area (Å²) in [6.07, 6.45) is 6.56. The van der Waals surface area contributed by atoms with Crippen LogP contribution in [-0.2, 0) is 9.36 Å². The molecule has 0 aliphatic heterocycles. The molecular formula is C6H11N2O5P. The van der Waals surface area contributed by atoms with Gasteiger partial charge in [-0.2, -0.15) is 0 Å². The fourth-order valence-electron chi connectivity index (χ4n) is 0.253. The molecule has 8 heteroatoms. The Bertz CT molecular complexity index is 209. The molecule has 0 fully saturated rings. The number of hydrogen-bond acceptors (Lipinski definition) is 4. The molecule has 0 unspecified atom stereocenters. The number of hydrogen-bond donors (Lipinski definition) is 3. The number of carboxylic acid groups (broad SMARTS) is 1. The topological polar surface area (TPSA) is 121 Å². The highest BCUT2D eigenvalue weighted by Gasteiger charge is 1.65. The molecule has 0 atom stereocenters. The van der Waals surface area contributed by atoms with Gasteiger partial charge in [0.25, 0.3) is 5.97 Å². The van der Waals surface area contributed by atoms with Crippen LogP contribution in [-0.4, -0.2) is 30.8 Å². The number of carboxylic acids is 1. The Morgan fingerprint density at radius 3 is 1.36 bits per heavy atom. The summed E-state index contributed by atoms with van der Waals surface area (Å²) in [5.74, 6) is -0.833. The normalized spacial score (nSPS) is 7.71. The first-order valence-corrected chi connectivity index (χ1v) is 4.58. The third kappa shape index (κ3) is 45.6. The van der Waals surface area contributed by atoms with Gasteiger partial charge < -0.3 is 14.9 Å². The van der Waals surface area contributed by atoms with Crippen LogP contribution >= 0.6 is 8.25 Å². The van der Waals surface area contributed by atoms with E-state index < -0.39 is 14.2 Å². The van der Waals surface area contributed by atoms with Gasteiger partial charge in [-0.15, -0.1) is 0 Å². The molecule has 1 aromatic rings. The highest BCUT2D eigenvalue weighted by molar-refractivity contribution is 7.30. The molecule has 0 aromatic carbocycles. The third-order valence-corrected chi connectivity index (χ3v) is 0.478. The predicted molar refractivity (Wildman–Crippen MR) is 48.8 cm³/mol. The minimum absolute atomic E-state index is 0.833. The summed E-state index contributed by atoms with van der Waals surface area (Å²) in [7, 11) is -3.13. The van der Waals surface area contributed by atoms with Crippen LogP contribution in [0, 0.1) is 0 Å². The second kappa shape index (κ2) is 11.7. The minimum atomic E-state index is -3.13. The zero-order valence-corrected chi connectivity index (χ0v) is 8.36. The van der Waals surface area contributed by atoms with Gasteiger partial charge in [-0.3, -0.25) is 19.3 Å². The Hall–Kier alpha value is -1.30. The number of aromatic nitrogens is 2. The molecule has 7 nitrogen and oxygen atoms in total. The first kappa shape index (κ1) is 15.2. The van der Waals surface area contributed by atoms with E-state index >= 15 is 0 Å². The number of nitrogens with zero attached hydrogens (tertiary/aromatic N) is 2. The van der Waals surface area contributed by atoms with E-state index in [9.17, 15) is 0 Å². The molecule has 80 valence electrons. The first-order chi connectivity index (χ1) is 6.46. The van der Waals surface area contributed by atoms with E-state index in [1.807, 2.05) is 0 Å². The predicted octanol–water partition coefficient (Wildman–Crippen LogP) is -0.0718. The maximum absolute atomic E-state index is 9.00. The van der Waals surface area contributed by atoms with Gasteiger partial charge in [-0.05, 0) is 0 Å². The van der Waals surface area contributed by atoms with Crippen molar-refractivity contribution in [2.24, 2.45) is 0 Å². The van der Waals surface area contributed by atoms with E-state index in [0.29, 0.717) is 0 Å². The van der Waals surface area contributed by atoms with Gasteiger partial charge in [0.15, 0.2) is 0 Å². The molecule has 14 heavy (non-hydrogen) atoms. The lowest BCUT2D eigenvalue weighted by molar-refractivity contribution is -0.134. The van der Waals surface area contributed by atoms with Gasteiger partial charge in [0.1, 0.15) is 0 Å². The molecular weight excluding hydrogens is 211 g/mol. The van der Waals surface area contributed by atoms with Crippen LogP contribution in [0.3, 0.4) is 0 Å². The third-order valence-electron chi connectivity index (χ3n) is 0.478. The zero-order valence-electron chi connectivity index (χ0n) is 7.36. The summed E-state index contributed by atoms with van der Waals surface area (Å²) in [5.41, 5.74) is 0. The van der Waals surface area contributed by atoms with Crippen molar-refractivity contribution in [3.05, 3.63) is 24.8 Å². The maximum Gasteiger partial charge on any atom is 0.314 e. The molecule has 0 saturated heterocycles. The van der Waals surface area contributed by atoms with Crippen LogP contribution in [0.2, 0.25) is 0 Å². The molecule has 0 amide bonds. The molecule has 0 spiro atoms. The monoisotopic (exact) mass is 222 g/mol. The van der Waals surface area contributed by atoms with E-state index in [-0.39, 0.29) is 0 Å². The summed E-state index contributed by atoms with van der Waals surface area (Å²) in [4.78, 5) is 30.8. The van der Waals surface area contributed by atoms with Crippen molar-refractivity contribution < 1.29 is 24.3 Å². The van der Waals surface area contributed by atoms with Crippen molar-refractivity contribution in [3.63, 3.8) is 0 Å². The van der Waals surface area contributed by atoms with Gasteiger partial charge in [0.2, 0.25) is 0 Å². The Morgan fingerprint density at radius 2 is 1.29 bits per heavy atom. The second-order valence-electron chi connectivity index (χ2n) is 1.70. The van der Waals surface area contributed by atoms with Crippen molar-refractivity contribution in [2.45, 2.75) is 6.92 Å². The van der Waals surface area contributed by atoms with Gasteiger partial charge in [-0.1, -0.05) is 0 Å². The van der Waals surface area contributed by atoms with Crippen LogP contribution in [0.1, 0.15) is 6.92 Å². The fourth-order valence-corrected chi connectivity index (χ4v) is 0.253. The molecule has 1 rings (SSSR count). The number of carbonyl (C=O) groups is 1. The zero-order chi connectivity index (χ0) is 11.4. The highest BCUT2D eigenvalue weighted by atomic mass is 31.1. The molecule has 0 bridgehead atoms. The van der Waals surface area contributed by atoms with Gasteiger partial charge in [-0.25, -0.2) is 0 Å². The first-order valence-electron chi connectivity index (χ1n) is 3.28. The average molecular weight is 222 g/mol. The van der Waals surface area contributed by atoms with Gasteiger partial charge in [0.05, 0.1) is 0 Å². The lowest BCUT2D eigenvalue weighted by atomic mass is 10.8. The van der Waals surface area contributed by atoms with E-state index in [0.717, 1.165) is 6.92 Å². The summed E-state index contributed by atoms with van der Waals surface area (Å²) in [5, 5.41) is 7.42. The van der Waals surface area contributed by atoms with Crippen molar-refractivity contribution in [1.29, 1.82) is 0 Å². The molecule has 1 aromatic heterocycles. The lowest BCUT2D eigenvalue weighted by Gasteiger charge is -1.70. The van der Waals surface area contributed by atoms with Crippen molar-refractivity contribution in [3.8, 4) is 0 Å². The van der Waals surface area contributed by atoms with Crippen molar-refractivity contribution in [2.75, 3.05) is 0 Å². The standard InChI is InChI=1S/C4H4N2.C2H4O2.H3O3P/c1-2-6-4-3-5-1;1-2(3)4;1-4(2)3/h1-4H;1H3,(H,3,4);4H,(H2,1,2,3). The van der Waals surface area contributed by atoms with Crippen LogP contribution < -0.4 is 0 Å². The molecule has 0 saturated carbocycles. The quantitative estimate of drug-likeness (QED) is 0.525. The molecule has 1 heterocycles. The van der Waals surface area contributed by atoms with E-state index in [4.69, 9.17) is 24.3 Å². The number of rotatable bonds is 0. The summed E-state index contributed by atoms with van der Waals surface area (Å²) < 4.78 is 8.74. The van der Waals surface area contributed by atoms with E-state index in [1.165, 1.54) is 0 Å². The second-order valence-corrected chi connectivity index (χ2v) is 2.26. The number of aliphatic carboxylic acids is 1. The molecule has 0 aliphatic rings. The Balaban J connectivity index is 0. The maximum atomic E-state index is 9.00. The smallest absolute Gasteiger partial charge is 0.314 e. The molecule has 0 radical (unpaired) electrons. The fraction of sp³-hybridized carbons (Fsp3) is 0.167.